The van der Waals surface area contributed by atoms with Gasteiger partial charge in [0.05, 0.1) is 0 Å². The Morgan fingerprint density at radius 1 is 1.50 bits per heavy atom. The standard InChI is InChI=1S/C4H9NO2.C3H8/c1-5-2-3-7-4-6;1-3-2/h4-5H,2-3H2,1H3;3H2,1-2H3. The van der Waals surface area contributed by atoms with Gasteiger partial charge >= 0.3 is 0 Å². The van der Waals surface area contributed by atoms with E-state index in [0.29, 0.717) is 13.1 Å². The molecule has 0 atom stereocenters. The van der Waals surface area contributed by atoms with Crippen LogP contribution in [0.25, 0.3) is 0 Å². The number of hydrogen-bond donors (Lipinski definition) is 1. The fraction of sp³-hybridized carbons (Fsp3) is 0.857. The second-order valence-corrected chi connectivity index (χ2v) is 1.78. The monoisotopic (exact) mass is 147 g/mol. The average molecular weight is 147 g/mol. The zero-order valence-corrected chi connectivity index (χ0v) is 7.02. The molecule has 0 aromatic carbocycles. The highest BCUT2D eigenvalue weighted by Crippen LogP contribution is 1.59. The van der Waals surface area contributed by atoms with Crippen LogP contribution in [0, 0.1) is 0 Å². The van der Waals surface area contributed by atoms with Crippen molar-refractivity contribution in [1.29, 1.82) is 0 Å². The van der Waals surface area contributed by atoms with Crippen LogP contribution in [0.4, 0.5) is 0 Å². The van der Waals surface area contributed by atoms with Gasteiger partial charge < -0.3 is 10.1 Å². The molecule has 0 fully saturated rings. The Bertz CT molecular complexity index is 57.6. The normalized spacial score (nSPS) is 7.50. The van der Waals surface area contributed by atoms with Gasteiger partial charge in [0.15, 0.2) is 0 Å². The maximum Gasteiger partial charge on any atom is 0.293 e. The Balaban J connectivity index is 0. The van der Waals surface area contributed by atoms with Gasteiger partial charge in [0, 0.05) is 6.54 Å². The Hall–Kier alpha value is -0.570. The summed E-state index contributed by atoms with van der Waals surface area (Å²) in [5.74, 6) is 0. The van der Waals surface area contributed by atoms with Crippen molar-refractivity contribution in [3.8, 4) is 0 Å². The second kappa shape index (κ2) is 15.8. The van der Waals surface area contributed by atoms with Crippen molar-refractivity contribution in [1.82, 2.24) is 5.32 Å². The first kappa shape index (κ1) is 12.1. The number of nitrogens with one attached hydrogen (secondary N) is 1. The number of carbonyl (C=O) groups is 1. The van der Waals surface area contributed by atoms with Crippen LogP contribution in [0.1, 0.15) is 20.3 Å². The first-order valence-electron chi connectivity index (χ1n) is 3.53. The second-order valence-electron chi connectivity index (χ2n) is 1.78. The summed E-state index contributed by atoms with van der Waals surface area (Å²) < 4.78 is 4.33. The van der Waals surface area contributed by atoms with Crippen LogP contribution in [0.2, 0.25) is 0 Å². The minimum atomic E-state index is 0.442. The summed E-state index contributed by atoms with van der Waals surface area (Å²) in [4.78, 5) is 9.43. The van der Waals surface area contributed by atoms with E-state index in [1.54, 1.807) is 7.05 Å². The van der Waals surface area contributed by atoms with Crippen molar-refractivity contribution >= 4 is 6.47 Å². The molecule has 0 unspecified atom stereocenters. The minimum Gasteiger partial charge on any atom is -0.467 e. The molecule has 0 bridgehead atoms. The molecule has 0 aromatic rings. The summed E-state index contributed by atoms with van der Waals surface area (Å²) in [6.07, 6.45) is 1.25. The van der Waals surface area contributed by atoms with Crippen LogP contribution >= 0.6 is 0 Å². The number of rotatable bonds is 4. The van der Waals surface area contributed by atoms with Crippen LogP contribution in [-0.2, 0) is 9.53 Å². The molecule has 0 amide bonds. The topological polar surface area (TPSA) is 38.3 Å². The van der Waals surface area contributed by atoms with Crippen molar-refractivity contribution in [3.63, 3.8) is 0 Å². The van der Waals surface area contributed by atoms with Crippen molar-refractivity contribution < 1.29 is 9.53 Å². The van der Waals surface area contributed by atoms with E-state index in [1.165, 1.54) is 6.42 Å². The van der Waals surface area contributed by atoms with Crippen molar-refractivity contribution in [2.75, 3.05) is 20.2 Å². The zero-order chi connectivity index (χ0) is 8.24. The smallest absolute Gasteiger partial charge is 0.293 e. The molecule has 0 heterocycles. The van der Waals surface area contributed by atoms with E-state index in [0.717, 1.165) is 6.54 Å². The Morgan fingerprint density at radius 2 is 2.00 bits per heavy atom. The molecule has 0 radical (unpaired) electrons. The van der Waals surface area contributed by atoms with Crippen LogP contribution in [-0.4, -0.2) is 26.7 Å². The summed E-state index contributed by atoms with van der Waals surface area (Å²) in [5, 5.41) is 2.82. The summed E-state index contributed by atoms with van der Waals surface area (Å²) in [6, 6.07) is 0. The zero-order valence-electron chi connectivity index (χ0n) is 7.02. The van der Waals surface area contributed by atoms with E-state index in [1.807, 2.05) is 0 Å². The number of hydrogen-bond acceptors (Lipinski definition) is 3. The lowest BCUT2D eigenvalue weighted by Gasteiger charge is -1.93. The van der Waals surface area contributed by atoms with Gasteiger partial charge in [-0.2, -0.15) is 0 Å². The molecule has 1 N–H and O–H groups in total. The Morgan fingerprint density at radius 3 is 2.30 bits per heavy atom. The molecule has 3 heteroatoms. The van der Waals surface area contributed by atoms with E-state index >= 15 is 0 Å². The number of likely N-dealkylation sites (N-methyl/N-ethyl adjacent to an activating group) is 1. The maximum absolute atomic E-state index is 9.43. The largest absolute Gasteiger partial charge is 0.467 e. The lowest BCUT2D eigenvalue weighted by atomic mass is 10.6. The third kappa shape index (κ3) is 26.1. The van der Waals surface area contributed by atoms with Crippen molar-refractivity contribution in [2.24, 2.45) is 0 Å². The first-order valence-corrected chi connectivity index (χ1v) is 3.53. The van der Waals surface area contributed by atoms with Gasteiger partial charge in [0.2, 0.25) is 0 Å². The molecule has 0 aliphatic rings. The summed E-state index contributed by atoms with van der Waals surface area (Å²) in [5.41, 5.74) is 0. The van der Waals surface area contributed by atoms with E-state index in [9.17, 15) is 4.79 Å². The lowest BCUT2D eigenvalue weighted by molar-refractivity contribution is -0.128. The summed E-state index contributed by atoms with van der Waals surface area (Å²) in [7, 11) is 1.80. The molecule has 10 heavy (non-hydrogen) atoms. The van der Waals surface area contributed by atoms with Crippen molar-refractivity contribution in [3.05, 3.63) is 0 Å². The van der Waals surface area contributed by atoms with E-state index < -0.39 is 0 Å². The number of ether oxygens (including phenoxy) is 1. The molecule has 0 rings (SSSR count). The highest BCUT2D eigenvalue weighted by Gasteiger charge is 1.76. The summed E-state index contributed by atoms with van der Waals surface area (Å²) >= 11 is 0. The molecule has 3 nitrogen and oxygen atoms in total. The van der Waals surface area contributed by atoms with E-state index in [-0.39, 0.29) is 0 Å². The average Bonchev–Trinajstić information content (AvgIpc) is 1.91. The molecule has 62 valence electrons. The van der Waals surface area contributed by atoms with Gasteiger partial charge in [-0.25, -0.2) is 0 Å². The quantitative estimate of drug-likeness (QED) is 0.472. The van der Waals surface area contributed by atoms with Gasteiger partial charge in [-0.15, -0.1) is 0 Å². The molecule has 0 aromatic heterocycles. The van der Waals surface area contributed by atoms with Gasteiger partial charge in [-0.05, 0) is 7.05 Å². The number of carbonyl (C=O) groups excluding carboxylic acids is 1. The Kier molecular flexibility index (Phi) is 19.2. The highest BCUT2D eigenvalue weighted by molar-refractivity contribution is 5.36. The van der Waals surface area contributed by atoms with E-state index in [4.69, 9.17) is 0 Å². The minimum absolute atomic E-state index is 0.442. The predicted molar refractivity (Wildman–Crippen MR) is 41.9 cm³/mol. The van der Waals surface area contributed by atoms with Crippen molar-refractivity contribution in [2.45, 2.75) is 20.3 Å². The summed E-state index contributed by atoms with van der Waals surface area (Å²) in [6.45, 7) is 5.87. The molecular weight excluding hydrogens is 130 g/mol. The predicted octanol–water partition coefficient (Wildman–Crippen LogP) is 0.795. The fourth-order valence-electron chi connectivity index (χ4n) is 0.209. The Labute approximate surface area is 62.8 Å². The van der Waals surface area contributed by atoms with Gasteiger partial charge in [0.1, 0.15) is 6.61 Å². The van der Waals surface area contributed by atoms with Crippen LogP contribution in [0.3, 0.4) is 0 Å². The highest BCUT2D eigenvalue weighted by atomic mass is 16.5. The van der Waals surface area contributed by atoms with Crippen LogP contribution < -0.4 is 5.32 Å². The van der Waals surface area contributed by atoms with Gasteiger partial charge in [-0.3, -0.25) is 4.79 Å². The molecule has 0 spiro atoms. The van der Waals surface area contributed by atoms with Gasteiger partial charge in [0.25, 0.3) is 6.47 Å². The lowest BCUT2D eigenvalue weighted by Crippen LogP contribution is -2.13. The molecular formula is C7H17NO2. The molecule has 0 saturated carbocycles. The third-order valence-corrected chi connectivity index (χ3v) is 0.538. The molecule has 0 aliphatic heterocycles. The SMILES string of the molecule is CCC.CNCCOC=O. The molecule has 0 aliphatic carbocycles. The van der Waals surface area contributed by atoms with Crippen LogP contribution in [0.15, 0.2) is 0 Å². The van der Waals surface area contributed by atoms with Crippen LogP contribution in [0.5, 0.6) is 0 Å². The fourth-order valence-corrected chi connectivity index (χ4v) is 0.209. The maximum atomic E-state index is 9.43. The van der Waals surface area contributed by atoms with Gasteiger partial charge in [-0.1, -0.05) is 20.3 Å². The van der Waals surface area contributed by atoms with E-state index in [2.05, 4.69) is 23.9 Å². The molecule has 0 saturated heterocycles. The first-order chi connectivity index (χ1) is 4.83. The third-order valence-electron chi connectivity index (χ3n) is 0.538.